The van der Waals surface area contributed by atoms with Crippen molar-refractivity contribution in [2.75, 3.05) is 6.61 Å². The second-order valence-corrected chi connectivity index (χ2v) is 16.5. The summed E-state index contributed by atoms with van der Waals surface area (Å²) in [6, 6.07) is -0.703. The number of amides is 1. The summed E-state index contributed by atoms with van der Waals surface area (Å²) < 4.78 is 5.91. The van der Waals surface area contributed by atoms with E-state index in [9.17, 15) is 19.8 Å². The van der Waals surface area contributed by atoms with Gasteiger partial charge in [0.05, 0.1) is 25.2 Å². The van der Waals surface area contributed by atoms with Gasteiger partial charge in [-0.05, 0) is 77.0 Å². The number of hydrogen-bond acceptors (Lipinski definition) is 5. The molecule has 56 heavy (non-hydrogen) atoms. The number of ether oxygens (including phenoxy) is 1. The summed E-state index contributed by atoms with van der Waals surface area (Å²) in [4.78, 5) is 26.0. The predicted molar refractivity (Wildman–Crippen MR) is 241 cm³/mol. The first-order valence-corrected chi connectivity index (χ1v) is 24.2. The molecule has 328 valence electrons. The van der Waals surface area contributed by atoms with E-state index in [1.54, 1.807) is 0 Å². The van der Waals surface area contributed by atoms with Crippen molar-refractivity contribution in [1.82, 2.24) is 5.32 Å². The van der Waals surface area contributed by atoms with E-state index < -0.39 is 18.2 Å². The lowest BCUT2D eigenvalue weighted by Gasteiger charge is -2.24. The minimum atomic E-state index is -0.788. The molecule has 0 aromatic heterocycles. The number of esters is 1. The number of carbonyl (C=O) groups excluding carboxylic acids is 2. The van der Waals surface area contributed by atoms with Crippen molar-refractivity contribution in [2.24, 2.45) is 0 Å². The van der Waals surface area contributed by atoms with Crippen LogP contribution in [0.15, 0.2) is 36.5 Å². The first-order valence-electron chi connectivity index (χ1n) is 24.2. The molecule has 0 aliphatic heterocycles. The molecule has 0 aromatic carbocycles. The molecule has 3 atom stereocenters. The van der Waals surface area contributed by atoms with E-state index in [0.29, 0.717) is 19.3 Å². The number of unbranched alkanes of at least 4 members (excludes halogenated alkanes) is 25. The number of allylic oxidation sites excluding steroid dienone is 6. The van der Waals surface area contributed by atoms with Crippen molar-refractivity contribution in [2.45, 2.75) is 264 Å². The Balaban J connectivity index is 4.58. The van der Waals surface area contributed by atoms with Gasteiger partial charge in [0.15, 0.2) is 0 Å². The molecule has 3 unspecified atom stereocenters. The van der Waals surface area contributed by atoms with E-state index in [2.05, 4.69) is 62.5 Å². The molecule has 0 radical (unpaired) electrons. The molecule has 1 amide bonds. The van der Waals surface area contributed by atoms with Gasteiger partial charge in [-0.2, -0.15) is 0 Å². The SMILES string of the molecule is CC/C=C/C/C=C/CCCCCCCC(CC(=O)NC(CO)C(O)CCCCCCCCCCCC)OC(=O)CCCCCCCCC/C=C\CCCCCC. The van der Waals surface area contributed by atoms with Crippen LogP contribution in [0, 0.1) is 0 Å². The van der Waals surface area contributed by atoms with E-state index in [-0.39, 0.29) is 24.9 Å². The topological polar surface area (TPSA) is 95.9 Å². The third-order valence-corrected chi connectivity index (χ3v) is 11.0. The van der Waals surface area contributed by atoms with Gasteiger partial charge < -0.3 is 20.3 Å². The van der Waals surface area contributed by atoms with Crippen molar-refractivity contribution in [3.05, 3.63) is 36.5 Å². The molecule has 0 fully saturated rings. The highest BCUT2D eigenvalue weighted by Crippen LogP contribution is 2.17. The zero-order valence-electron chi connectivity index (χ0n) is 37.3. The summed E-state index contributed by atoms with van der Waals surface area (Å²) >= 11 is 0. The molecular weight excluding hydrogens is 695 g/mol. The fourth-order valence-electron chi connectivity index (χ4n) is 7.29. The van der Waals surface area contributed by atoms with Crippen LogP contribution in [0.3, 0.4) is 0 Å². The molecule has 0 bridgehead atoms. The van der Waals surface area contributed by atoms with Crippen LogP contribution in [0.1, 0.15) is 245 Å². The number of aliphatic hydroxyl groups excluding tert-OH is 2. The summed E-state index contributed by atoms with van der Waals surface area (Å²) in [5.74, 6) is -0.489. The van der Waals surface area contributed by atoms with Crippen LogP contribution in [-0.2, 0) is 14.3 Å². The lowest BCUT2D eigenvalue weighted by Crippen LogP contribution is -2.46. The van der Waals surface area contributed by atoms with Crippen LogP contribution in [0.5, 0.6) is 0 Å². The summed E-state index contributed by atoms with van der Waals surface area (Å²) in [7, 11) is 0. The van der Waals surface area contributed by atoms with Crippen molar-refractivity contribution in [1.29, 1.82) is 0 Å². The fraction of sp³-hybridized carbons (Fsp3) is 0.840. The van der Waals surface area contributed by atoms with Crippen molar-refractivity contribution in [3.63, 3.8) is 0 Å². The van der Waals surface area contributed by atoms with Gasteiger partial charge in [0.1, 0.15) is 6.10 Å². The van der Waals surface area contributed by atoms with Crippen LogP contribution >= 0.6 is 0 Å². The third kappa shape index (κ3) is 38.9. The Morgan fingerprint density at radius 2 is 0.964 bits per heavy atom. The van der Waals surface area contributed by atoms with Crippen molar-refractivity contribution >= 4 is 11.9 Å². The van der Waals surface area contributed by atoms with E-state index >= 15 is 0 Å². The van der Waals surface area contributed by atoms with E-state index in [0.717, 1.165) is 77.0 Å². The van der Waals surface area contributed by atoms with Crippen LogP contribution in [0.4, 0.5) is 0 Å². The summed E-state index contributed by atoms with van der Waals surface area (Å²) in [5.41, 5.74) is 0. The Morgan fingerprint density at radius 1 is 0.536 bits per heavy atom. The maximum atomic E-state index is 13.1. The van der Waals surface area contributed by atoms with Crippen molar-refractivity contribution in [3.8, 4) is 0 Å². The van der Waals surface area contributed by atoms with Crippen LogP contribution < -0.4 is 5.32 Å². The van der Waals surface area contributed by atoms with Gasteiger partial charge in [-0.1, -0.05) is 192 Å². The Morgan fingerprint density at radius 3 is 1.48 bits per heavy atom. The number of hydrogen-bond donors (Lipinski definition) is 3. The van der Waals surface area contributed by atoms with E-state index in [1.165, 1.54) is 122 Å². The smallest absolute Gasteiger partial charge is 0.306 e. The molecule has 0 heterocycles. The standard InChI is InChI=1S/C50H93NO5/c1-4-7-10-13-16-19-22-24-25-26-28-31-34-37-40-43-50(55)56-46(41-38-35-32-29-27-23-20-17-14-11-8-5-2)44-49(54)51-47(45-52)48(53)42-39-36-33-30-21-18-15-12-9-6-3/h8,11,17,19-20,22,46-48,52-53H,4-7,9-10,12-16,18,21,23-45H2,1-3H3,(H,51,54)/b11-8+,20-17+,22-19-. The molecule has 6 heteroatoms. The lowest BCUT2D eigenvalue weighted by atomic mass is 10.0. The third-order valence-electron chi connectivity index (χ3n) is 11.0. The van der Waals surface area contributed by atoms with Gasteiger partial charge in [-0.25, -0.2) is 0 Å². The first-order chi connectivity index (χ1) is 27.5. The molecule has 6 nitrogen and oxygen atoms in total. The predicted octanol–water partition coefficient (Wildman–Crippen LogP) is 14.1. The highest BCUT2D eigenvalue weighted by atomic mass is 16.5. The van der Waals surface area contributed by atoms with Gasteiger partial charge in [0, 0.05) is 6.42 Å². The average molecular weight is 788 g/mol. The fourth-order valence-corrected chi connectivity index (χ4v) is 7.29. The first kappa shape index (κ1) is 54.1. The van der Waals surface area contributed by atoms with Gasteiger partial charge in [-0.3, -0.25) is 9.59 Å². The normalized spacial score (nSPS) is 13.6. The molecule has 0 spiro atoms. The van der Waals surface area contributed by atoms with Gasteiger partial charge in [0.25, 0.3) is 0 Å². The van der Waals surface area contributed by atoms with Gasteiger partial charge >= 0.3 is 5.97 Å². The summed E-state index contributed by atoms with van der Waals surface area (Å²) in [5, 5.41) is 23.6. The van der Waals surface area contributed by atoms with Gasteiger partial charge in [-0.15, -0.1) is 0 Å². The monoisotopic (exact) mass is 788 g/mol. The van der Waals surface area contributed by atoms with E-state index in [4.69, 9.17) is 4.74 Å². The molecule has 3 N–H and O–H groups in total. The molecule has 0 aliphatic carbocycles. The minimum absolute atomic E-state index is 0.0680. The maximum absolute atomic E-state index is 13.1. The second kappa shape index (κ2) is 44.2. The lowest BCUT2D eigenvalue weighted by molar-refractivity contribution is -0.151. The zero-order valence-corrected chi connectivity index (χ0v) is 37.3. The zero-order chi connectivity index (χ0) is 41.0. The van der Waals surface area contributed by atoms with Gasteiger partial charge in [0.2, 0.25) is 5.91 Å². The molecule has 0 saturated heterocycles. The number of rotatable bonds is 43. The summed E-state index contributed by atoms with van der Waals surface area (Å²) in [6.45, 7) is 6.35. The summed E-state index contributed by atoms with van der Waals surface area (Å²) in [6.07, 6.45) is 50.6. The average Bonchev–Trinajstić information content (AvgIpc) is 3.19. The number of aliphatic hydroxyl groups is 2. The largest absolute Gasteiger partial charge is 0.462 e. The van der Waals surface area contributed by atoms with Crippen LogP contribution in [0.25, 0.3) is 0 Å². The number of nitrogens with one attached hydrogen (secondary N) is 1. The Hall–Kier alpha value is -1.92. The maximum Gasteiger partial charge on any atom is 0.306 e. The molecular formula is C50H93NO5. The quantitative estimate of drug-likeness (QED) is 0.0325. The number of carbonyl (C=O) groups is 2. The van der Waals surface area contributed by atoms with E-state index in [1.807, 2.05) is 0 Å². The minimum Gasteiger partial charge on any atom is -0.462 e. The van der Waals surface area contributed by atoms with Crippen LogP contribution in [-0.4, -0.2) is 46.9 Å². The second-order valence-electron chi connectivity index (χ2n) is 16.5. The molecule has 0 aromatic rings. The molecule has 0 saturated carbocycles. The highest BCUT2D eigenvalue weighted by Gasteiger charge is 2.24. The Labute approximate surface area is 347 Å². The van der Waals surface area contributed by atoms with Crippen LogP contribution in [0.2, 0.25) is 0 Å². The Kier molecular flexibility index (Phi) is 42.7. The highest BCUT2D eigenvalue weighted by molar-refractivity contribution is 5.77. The Bertz CT molecular complexity index is 930. The van der Waals surface area contributed by atoms with Crippen molar-refractivity contribution < 1.29 is 24.5 Å². The molecule has 0 rings (SSSR count). The molecule has 0 aliphatic rings.